The summed E-state index contributed by atoms with van der Waals surface area (Å²) in [6.45, 7) is 0.710. The van der Waals surface area contributed by atoms with Crippen LogP contribution in [-0.4, -0.2) is 36.1 Å². The molecule has 2 aromatic rings. The molecule has 0 aliphatic carbocycles. The smallest absolute Gasteiger partial charge is 0.243 e. The van der Waals surface area contributed by atoms with E-state index in [1.54, 1.807) is 0 Å². The van der Waals surface area contributed by atoms with Gasteiger partial charge < -0.3 is 9.80 Å². The number of aromatic nitrogens is 3. The van der Waals surface area contributed by atoms with E-state index in [4.69, 9.17) is 5.84 Å². The normalized spacial score (nSPS) is 10.2. The van der Waals surface area contributed by atoms with Crippen LogP contribution in [0, 0.1) is 0 Å². The Balaban J connectivity index is 2.24. The molecule has 1 aromatic heterocycles. The number of hydrazine groups is 1. The molecule has 1 heterocycles. The summed E-state index contributed by atoms with van der Waals surface area (Å²) in [4.78, 5) is 16.6. The first-order valence-electron chi connectivity index (χ1n) is 6.25. The number of nitrogens with one attached hydrogen (secondary N) is 1. The molecule has 7 heteroatoms. The van der Waals surface area contributed by atoms with E-state index >= 15 is 0 Å². The van der Waals surface area contributed by atoms with E-state index in [9.17, 15) is 0 Å². The molecule has 20 heavy (non-hydrogen) atoms. The van der Waals surface area contributed by atoms with Gasteiger partial charge in [-0.15, -0.1) is 0 Å². The van der Waals surface area contributed by atoms with Crippen LogP contribution in [-0.2, 0) is 6.54 Å². The zero-order valence-electron chi connectivity index (χ0n) is 11.9. The summed E-state index contributed by atoms with van der Waals surface area (Å²) in [5.41, 5.74) is 3.65. The molecule has 1 aromatic carbocycles. The van der Waals surface area contributed by atoms with Gasteiger partial charge in [0.15, 0.2) is 0 Å². The maximum atomic E-state index is 5.40. The summed E-state index contributed by atoms with van der Waals surface area (Å²) in [5.74, 6) is 6.87. The third-order valence-electron chi connectivity index (χ3n) is 2.74. The molecule has 0 atom stereocenters. The van der Waals surface area contributed by atoms with E-state index in [0.29, 0.717) is 24.4 Å². The molecule has 0 amide bonds. The number of rotatable bonds is 5. The molecule has 0 spiro atoms. The minimum absolute atomic E-state index is 0.346. The van der Waals surface area contributed by atoms with Crippen LogP contribution in [0.5, 0.6) is 0 Å². The molecule has 0 fully saturated rings. The lowest BCUT2D eigenvalue weighted by Gasteiger charge is -2.19. The highest BCUT2D eigenvalue weighted by molar-refractivity contribution is 5.44. The highest BCUT2D eigenvalue weighted by Gasteiger charge is 2.11. The van der Waals surface area contributed by atoms with Crippen LogP contribution in [0.25, 0.3) is 0 Å². The molecule has 7 nitrogen and oxygen atoms in total. The molecule has 0 aliphatic heterocycles. The first-order chi connectivity index (χ1) is 9.60. The summed E-state index contributed by atoms with van der Waals surface area (Å²) >= 11 is 0. The van der Waals surface area contributed by atoms with Gasteiger partial charge in [0.1, 0.15) is 0 Å². The van der Waals surface area contributed by atoms with Crippen molar-refractivity contribution in [2.24, 2.45) is 5.84 Å². The van der Waals surface area contributed by atoms with Gasteiger partial charge in [-0.2, -0.15) is 15.0 Å². The number of hydrogen-bond donors (Lipinski definition) is 2. The molecular formula is C13H19N7. The number of nitrogens with zero attached hydrogens (tertiary/aromatic N) is 5. The predicted molar refractivity (Wildman–Crippen MR) is 80.5 cm³/mol. The molecule has 0 aliphatic rings. The Bertz CT molecular complexity index is 556. The van der Waals surface area contributed by atoms with E-state index in [-0.39, 0.29) is 0 Å². The van der Waals surface area contributed by atoms with E-state index < -0.39 is 0 Å². The number of anilines is 3. The lowest BCUT2D eigenvalue weighted by Crippen LogP contribution is -2.23. The maximum absolute atomic E-state index is 5.40. The highest BCUT2D eigenvalue weighted by atomic mass is 15.4. The second-order valence-electron chi connectivity index (χ2n) is 4.64. The van der Waals surface area contributed by atoms with E-state index in [2.05, 4.69) is 32.5 Å². The Morgan fingerprint density at radius 1 is 1.00 bits per heavy atom. The number of benzene rings is 1. The minimum Gasteiger partial charge on any atom is -0.347 e. The first kappa shape index (κ1) is 14.0. The van der Waals surface area contributed by atoms with Crippen LogP contribution in [0.15, 0.2) is 30.3 Å². The summed E-state index contributed by atoms with van der Waals surface area (Å²) in [6, 6.07) is 10.1. The van der Waals surface area contributed by atoms with Crippen molar-refractivity contribution in [1.82, 2.24) is 15.0 Å². The van der Waals surface area contributed by atoms with Gasteiger partial charge in [-0.05, 0) is 5.56 Å². The fraction of sp³-hybridized carbons (Fsp3) is 0.308. The summed E-state index contributed by atoms with van der Waals surface area (Å²) in [7, 11) is 5.68. The van der Waals surface area contributed by atoms with Crippen LogP contribution in [0.2, 0.25) is 0 Å². The van der Waals surface area contributed by atoms with Crippen molar-refractivity contribution in [3.8, 4) is 0 Å². The van der Waals surface area contributed by atoms with Crippen molar-refractivity contribution in [1.29, 1.82) is 0 Å². The maximum Gasteiger partial charge on any atom is 0.243 e. The van der Waals surface area contributed by atoms with Gasteiger partial charge in [-0.3, -0.25) is 5.43 Å². The first-order valence-corrected chi connectivity index (χ1v) is 6.25. The third-order valence-corrected chi connectivity index (χ3v) is 2.74. The van der Waals surface area contributed by atoms with Crippen molar-refractivity contribution < 1.29 is 0 Å². The second kappa shape index (κ2) is 6.16. The molecule has 0 bridgehead atoms. The second-order valence-corrected chi connectivity index (χ2v) is 4.64. The molecule has 0 unspecified atom stereocenters. The zero-order chi connectivity index (χ0) is 14.5. The Morgan fingerprint density at radius 2 is 1.65 bits per heavy atom. The number of nitrogens with two attached hydrogens (primary N) is 1. The van der Waals surface area contributed by atoms with Gasteiger partial charge in [0.25, 0.3) is 0 Å². The molecule has 106 valence electrons. The van der Waals surface area contributed by atoms with Crippen LogP contribution >= 0.6 is 0 Å². The van der Waals surface area contributed by atoms with E-state index in [1.165, 1.54) is 5.56 Å². The van der Waals surface area contributed by atoms with E-state index in [0.717, 1.165) is 0 Å². The fourth-order valence-electron chi connectivity index (χ4n) is 1.72. The van der Waals surface area contributed by atoms with Crippen molar-refractivity contribution >= 4 is 17.8 Å². The Kier molecular flexibility index (Phi) is 4.31. The topological polar surface area (TPSA) is 83.2 Å². The van der Waals surface area contributed by atoms with Gasteiger partial charge in [0.2, 0.25) is 17.8 Å². The van der Waals surface area contributed by atoms with Crippen molar-refractivity contribution in [2.45, 2.75) is 6.54 Å². The standard InChI is InChI=1S/C13H19N7/c1-19(2)12-15-11(18-14)16-13(17-12)20(3)9-10-7-5-4-6-8-10/h4-8H,9,14H2,1-3H3,(H,15,16,17,18). The number of hydrogen-bond acceptors (Lipinski definition) is 7. The summed E-state index contributed by atoms with van der Waals surface area (Å²) in [5, 5.41) is 0. The van der Waals surface area contributed by atoms with E-state index in [1.807, 2.05) is 49.1 Å². The molecule has 3 N–H and O–H groups in total. The minimum atomic E-state index is 0.346. The van der Waals surface area contributed by atoms with Gasteiger partial charge in [-0.25, -0.2) is 5.84 Å². The van der Waals surface area contributed by atoms with Crippen LogP contribution in [0.4, 0.5) is 17.8 Å². The van der Waals surface area contributed by atoms with Crippen molar-refractivity contribution in [2.75, 3.05) is 36.4 Å². The Hall–Kier alpha value is -2.41. The lowest BCUT2D eigenvalue weighted by molar-refractivity contribution is 0.842. The molecule has 0 saturated carbocycles. The van der Waals surface area contributed by atoms with Gasteiger partial charge in [0.05, 0.1) is 0 Å². The number of nitrogen functional groups attached to an aromatic ring is 1. The van der Waals surface area contributed by atoms with Crippen molar-refractivity contribution in [3.05, 3.63) is 35.9 Å². The zero-order valence-corrected chi connectivity index (χ0v) is 11.9. The predicted octanol–water partition coefficient (Wildman–Crippen LogP) is 0.860. The van der Waals surface area contributed by atoms with Crippen LogP contribution in [0.3, 0.4) is 0 Å². The van der Waals surface area contributed by atoms with Crippen LogP contribution < -0.4 is 21.1 Å². The lowest BCUT2D eigenvalue weighted by atomic mass is 10.2. The average molecular weight is 273 g/mol. The monoisotopic (exact) mass is 273 g/mol. The Labute approximate surface area is 118 Å². The third kappa shape index (κ3) is 3.33. The fourth-order valence-corrected chi connectivity index (χ4v) is 1.72. The van der Waals surface area contributed by atoms with Gasteiger partial charge in [-0.1, -0.05) is 30.3 Å². The quantitative estimate of drug-likeness (QED) is 0.617. The van der Waals surface area contributed by atoms with Gasteiger partial charge in [0, 0.05) is 27.7 Å². The SMILES string of the molecule is CN(C)c1nc(NN)nc(N(C)Cc2ccccc2)n1. The van der Waals surface area contributed by atoms with Crippen molar-refractivity contribution in [3.63, 3.8) is 0 Å². The molecule has 2 rings (SSSR count). The summed E-state index contributed by atoms with van der Waals surface area (Å²) < 4.78 is 0. The largest absolute Gasteiger partial charge is 0.347 e. The molecule has 0 radical (unpaired) electrons. The van der Waals surface area contributed by atoms with Crippen LogP contribution in [0.1, 0.15) is 5.56 Å². The molecule has 0 saturated heterocycles. The Morgan fingerprint density at radius 3 is 2.25 bits per heavy atom. The molecular weight excluding hydrogens is 254 g/mol. The summed E-state index contributed by atoms with van der Waals surface area (Å²) in [6.07, 6.45) is 0. The average Bonchev–Trinajstić information content (AvgIpc) is 2.47. The van der Waals surface area contributed by atoms with Gasteiger partial charge >= 0.3 is 0 Å². The highest BCUT2D eigenvalue weighted by Crippen LogP contribution is 2.15.